The van der Waals surface area contributed by atoms with Gasteiger partial charge in [-0.25, -0.2) is 0 Å². The van der Waals surface area contributed by atoms with Crippen molar-refractivity contribution in [2.75, 3.05) is 26.3 Å². The second kappa shape index (κ2) is 7.89. The summed E-state index contributed by atoms with van der Waals surface area (Å²) in [6, 6.07) is 1.60. The largest absolute Gasteiger partial charge is 0.411 e. The van der Waals surface area contributed by atoms with Gasteiger partial charge in [0.2, 0.25) is 0 Å². The molecule has 0 radical (unpaired) electrons. The lowest BCUT2D eigenvalue weighted by Crippen LogP contribution is -2.28. The summed E-state index contributed by atoms with van der Waals surface area (Å²) in [6.45, 7) is -1.28. The summed E-state index contributed by atoms with van der Waals surface area (Å²) in [5.74, 6) is 5.07. The smallest absolute Gasteiger partial charge is 0.370 e. The number of alkyl halides is 3. The van der Waals surface area contributed by atoms with Gasteiger partial charge in [0, 0.05) is 11.9 Å². The summed E-state index contributed by atoms with van der Waals surface area (Å²) < 4.78 is 39.7. The number of hydrogen-bond donors (Lipinski definition) is 2. The van der Waals surface area contributed by atoms with Crippen LogP contribution in [0, 0.1) is 11.8 Å². The van der Waals surface area contributed by atoms with E-state index in [1.165, 1.54) is 11.3 Å². The predicted octanol–water partition coefficient (Wildman–Crippen LogP) is 1.37. The average molecular weight is 306 g/mol. The van der Waals surface area contributed by atoms with Crippen LogP contribution in [0.4, 0.5) is 13.2 Å². The number of nitrogens with two attached hydrogens (primary N) is 1. The van der Waals surface area contributed by atoms with E-state index in [9.17, 15) is 18.0 Å². The lowest BCUT2D eigenvalue weighted by Gasteiger charge is -2.07. The molecule has 1 amide bonds. The quantitative estimate of drug-likeness (QED) is 0.638. The van der Waals surface area contributed by atoms with E-state index in [1.807, 2.05) is 0 Å². The Bertz CT molecular complexity index is 503. The Morgan fingerprint density at radius 2 is 2.25 bits per heavy atom. The summed E-state index contributed by atoms with van der Waals surface area (Å²) in [6.07, 6.45) is -4.35. The van der Waals surface area contributed by atoms with E-state index in [-0.39, 0.29) is 25.6 Å². The van der Waals surface area contributed by atoms with Gasteiger partial charge in [0.25, 0.3) is 5.91 Å². The molecular formula is C12H13F3N2O2S. The van der Waals surface area contributed by atoms with Crippen molar-refractivity contribution in [1.29, 1.82) is 0 Å². The van der Waals surface area contributed by atoms with E-state index in [0.29, 0.717) is 10.4 Å². The van der Waals surface area contributed by atoms with Gasteiger partial charge < -0.3 is 15.8 Å². The molecule has 0 saturated heterocycles. The molecular weight excluding hydrogens is 293 g/mol. The molecule has 0 unspecified atom stereocenters. The molecule has 1 rings (SSSR count). The van der Waals surface area contributed by atoms with Gasteiger partial charge in [0.15, 0.2) is 0 Å². The van der Waals surface area contributed by atoms with Crippen LogP contribution < -0.4 is 11.1 Å². The third kappa shape index (κ3) is 6.56. The highest BCUT2D eigenvalue weighted by Crippen LogP contribution is 2.14. The van der Waals surface area contributed by atoms with E-state index in [2.05, 4.69) is 21.9 Å². The molecule has 3 N–H and O–H groups in total. The molecule has 20 heavy (non-hydrogen) atoms. The first-order chi connectivity index (χ1) is 9.42. The second-order valence-corrected chi connectivity index (χ2v) is 4.54. The van der Waals surface area contributed by atoms with E-state index in [4.69, 9.17) is 5.73 Å². The normalized spacial score (nSPS) is 10.8. The van der Waals surface area contributed by atoms with Crippen LogP contribution >= 0.6 is 11.3 Å². The van der Waals surface area contributed by atoms with E-state index in [1.54, 1.807) is 11.4 Å². The molecule has 1 aromatic rings. The molecule has 0 bridgehead atoms. The van der Waals surface area contributed by atoms with Crippen LogP contribution in [0.3, 0.4) is 0 Å². The van der Waals surface area contributed by atoms with Crippen LogP contribution in [-0.4, -0.2) is 38.4 Å². The standard InChI is InChI=1S/C12H13F3N2O2S/c13-12(14,15)8-19-5-4-17-11(18)9-6-10(20-7-9)2-1-3-16/h6-7H,3-5,8,16H2,(H,17,18). The number of rotatable bonds is 5. The zero-order chi connectivity index (χ0) is 15.0. The minimum Gasteiger partial charge on any atom is -0.370 e. The van der Waals surface area contributed by atoms with Gasteiger partial charge >= 0.3 is 6.18 Å². The van der Waals surface area contributed by atoms with Gasteiger partial charge in [-0.3, -0.25) is 4.79 Å². The van der Waals surface area contributed by atoms with Crippen molar-refractivity contribution in [3.63, 3.8) is 0 Å². The van der Waals surface area contributed by atoms with Gasteiger partial charge in [-0.1, -0.05) is 11.8 Å². The summed E-state index contributed by atoms with van der Waals surface area (Å²) in [4.78, 5) is 12.3. The van der Waals surface area contributed by atoms with Gasteiger partial charge in [-0.05, 0) is 6.07 Å². The van der Waals surface area contributed by atoms with Crippen LogP contribution in [0.5, 0.6) is 0 Å². The number of hydrogen-bond acceptors (Lipinski definition) is 4. The van der Waals surface area contributed by atoms with E-state index in [0.717, 1.165) is 0 Å². The van der Waals surface area contributed by atoms with Crippen molar-refractivity contribution in [2.45, 2.75) is 6.18 Å². The molecule has 0 aliphatic heterocycles. The zero-order valence-corrected chi connectivity index (χ0v) is 11.2. The fourth-order valence-electron chi connectivity index (χ4n) is 1.19. The Hall–Kier alpha value is -1.56. The molecule has 1 aromatic heterocycles. The molecule has 0 aliphatic carbocycles. The number of thiophene rings is 1. The minimum absolute atomic E-state index is 0.00850. The topological polar surface area (TPSA) is 64.4 Å². The summed E-state index contributed by atoms with van der Waals surface area (Å²) in [7, 11) is 0. The average Bonchev–Trinajstić information content (AvgIpc) is 2.83. The maximum atomic E-state index is 11.8. The van der Waals surface area contributed by atoms with Crippen LogP contribution in [0.2, 0.25) is 0 Å². The third-order valence-electron chi connectivity index (χ3n) is 1.97. The Labute approximate surface area is 118 Å². The maximum Gasteiger partial charge on any atom is 0.411 e. The van der Waals surface area contributed by atoms with E-state index >= 15 is 0 Å². The van der Waals surface area contributed by atoms with Crippen molar-refractivity contribution < 1.29 is 22.7 Å². The summed E-state index contributed by atoms with van der Waals surface area (Å²) in [5, 5.41) is 4.07. The fourth-order valence-corrected chi connectivity index (χ4v) is 1.94. The molecule has 8 heteroatoms. The highest BCUT2D eigenvalue weighted by Gasteiger charge is 2.27. The monoisotopic (exact) mass is 306 g/mol. The Morgan fingerprint density at radius 3 is 2.90 bits per heavy atom. The van der Waals surface area contributed by atoms with Crippen molar-refractivity contribution in [3.8, 4) is 11.8 Å². The molecule has 4 nitrogen and oxygen atoms in total. The van der Waals surface area contributed by atoms with Gasteiger partial charge in [-0.15, -0.1) is 11.3 Å². The van der Waals surface area contributed by atoms with Crippen molar-refractivity contribution in [2.24, 2.45) is 5.73 Å². The molecule has 0 spiro atoms. The van der Waals surface area contributed by atoms with Crippen molar-refractivity contribution in [3.05, 3.63) is 21.9 Å². The zero-order valence-electron chi connectivity index (χ0n) is 10.4. The lowest BCUT2D eigenvalue weighted by molar-refractivity contribution is -0.173. The minimum atomic E-state index is -4.35. The molecule has 1 heterocycles. The van der Waals surface area contributed by atoms with Crippen molar-refractivity contribution >= 4 is 17.2 Å². The van der Waals surface area contributed by atoms with Crippen LogP contribution in [0.1, 0.15) is 15.2 Å². The fraction of sp³-hybridized carbons (Fsp3) is 0.417. The van der Waals surface area contributed by atoms with Gasteiger partial charge in [0.1, 0.15) is 6.61 Å². The number of ether oxygens (including phenoxy) is 1. The van der Waals surface area contributed by atoms with Crippen LogP contribution in [0.15, 0.2) is 11.4 Å². The number of carbonyl (C=O) groups excluding carboxylic acids is 1. The first-order valence-electron chi connectivity index (χ1n) is 5.62. The molecule has 110 valence electrons. The molecule has 0 fully saturated rings. The Balaban J connectivity index is 2.31. The maximum absolute atomic E-state index is 11.8. The number of halogens is 3. The third-order valence-corrected chi connectivity index (χ3v) is 2.82. The molecule has 0 atom stereocenters. The molecule has 0 saturated carbocycles. The summed E-state index contributed by atoms with van der Waals surface area (Å²) in [5.41, 5.74) is 5.63. The second-order valence-electron chi connectivity index (χ2n) is 3.63. The number of amides is 1. The SMILES string of the molecule is NCC#Cc1cc(C(=O)NCCOCC(F)(F)F)cs1. The first-order valence-corrected chi connectivity index (χ1v) is 6.50. The molecule has 0 aromatic carbocycles. The Morgan fingerprint density at radius 1 is 1.50 bits per heavy atom. The van der Waals surface area contributed by atoms with E-state index < -0.39 is 12.8 Å². The summed E-state index contributed by atoms with van der Waals surface area (Å²) >= 11 is 1.29. The highest BCUT2D eigenvalue weighted by atomic mass is 32.1. The van der Waals surface area contributed by atoms with Crippen LogP contribution in [-0.2, 0) is 4.74 Å². The first kappa shape index (κ1) is 16.5. The predicted molar refractivity (Wildman–Crippen MR) is 69.5 cm³/mol. The number of carbonyl (C=O) groups is 1. The number of nitrogens with one attached hydrogen (secondary N) is 1. The van der Waals surface area contributed by atoms with Gasteiger partial charge in [-0.2, -0.15) is 13.2 Å². The highest BCUT2D eigenvalue weighted by molar-refractivity contribution is 7.10. The lowest BCUT2D eigenvalue weighted by atomic mass is 10.3. The Kier molecular flexibility index (Phi) is 6.51. The van der Waals surface area contributed by atoms with Crippen LogP contribution in [0.25, 0.3) is 0 Å². The molecule has 0 aliphatic rings. The van der Waals surface area contributed by atoms with Gasteiger partial charge in [0.05, 0.1) is 23.6 Å². The van der Waals surface area contributed by atoms with Crippen molar-refractivity contribution in [1.82, 2.24) is 5.32 Å².